The van der Waals surface area contributed by atoms with Crippen LogP contribution in [0.25, 0.3) is 22.5 Å². The van der Waals surface area contributed by atoms with Crippen LogP contribution in [0.5, 0.6) is 5.75 Å². The van der Waals surface area contributed by atoms with Crippen LogP contribution in [0.15, 0.2) is 36.4 Å². The Hall–Kier alpha value is -3.37. The molecule has 0 saturated heterocycles. The van der Waals surface area contributed by atoms with Crippen molar-refractivity contribution in [1.82, 2.24) is 20.1 Å². The molecule has 27 heavy (non-hydrogen) atoms. The zero-order chi connectivity index (χ0) is 18.8. The minimum atomic E-state index is 0.210. The van der Waals surface area contributed by atoms with Crippen molar-refractivity contribution in [2.45, 2.75) is 19.5 Å². The first-order valence-corrected chi connectivity index (χ1v) is 8.82. The molecule has 0 fully saturated rings. The summed E-state index contributed by atoms with van der Waals surface area (Å²) in [7, 11) is 1.63. The lowest BCUT2D eigenvalue weighted by molar-refractivity contribution is 0.415. The maximum Gasteiger partial charge on any atom is 0.142 e. The van der Waals surface area contributed by atoms with Gasteiger partial charge in [-0.3, -0.25) is 4.68 Å². The Kier molecular flexibility index (Phi) is 4.48. The number of nitriles is 1. The second-order valence-electron chi connectivity index (χ2n) is 6.43. The fourth-order valence-corrected chi connectivity index (χ4v) is 3.29. The molecule has 0 bridgehead atoms. The van der Waals surface area contributed by atoms with Crippen molar-refractivity contribution >= 4 is 5.82 Å². The minimum absolute atomic E-state index is 0.210. The Labute approximate surface area is 157 Å². The van der Waals surface area contributed by atoms with Crippen LogP contribution in [0.2, 0.25) is 0 Å². The molecule has 0 aliphatic carbocycles. The van der Waals surface area contributed by atoms with E-state index in [1.165, 1.54) is 0 Å². The molecule has 0 saturated carbocycles. The molecule has 4 rings (SSSR count). The predicted molar refractivity (Wildman–Crippen MR) is 103 cm³/mol. The molecule has 0 unspecified atom stereocenters. The van der Waals surface area contributed by atoms with E-state index in [9.17, 15) is 5.26 Å². The molecule has 7 heteroatoms. The molecule has 7 nitrogen and oxygen atoms in total. The average Bonchev–Trinajstić information content (AvgIpc) is 2.97. The molecule has 0 spiro atoms. The van der Waals surface area contributed by atoms with Gasteiger partial charge in [-0.15, -0.1) is 0 Å². The van der Waals surface area contributed by atoms with Crippen LogP contribution < -0.4 is 15.8 Å². The lowest BCUT2D eigenvalue weighted by atomic mass is 10.0. The molecule has 1 aliphatic heterocycles. The number of fused-ring (bicyclic) bond motifs is 1. The van der Waals surface area contributed by atoms with Crippen LogP contribution in [0, 0.1) is 11.3 Å². The van der Waals surface area contributed by atoms with Gasteiger partial charge in [0, 0.05) is 24.2 Å². The largest absolute Gasteiger partial charge is 0.497 e. The fourth-order valence-electron chi connectivity index (χ4n) is 3.29. The minimum Gasteiger partial charge on any atom is -0.497 e. The second-order valence-corrected chi connectivity index (χ2v) is 6.43. The zero-order valence-corrected chi connectivity index (χ0v) is 15.1. The van der Waals surface area contributed by atoms with E-state index in [1.807, 2.05) is 41.1 Å². The summed E-state index contributed by atoms with van der Waals surface area (Å²) in [6.45, 7) is 2.60. The second kappa shape index (κ2) is 7.09. The molecule has 3 heterocycles. The van der Waals surface area contributed by atoms with Gasteiger partial charge in [0.2, 0.25) is 0 Å². The highest BCUT2D eigenvalue weighted by molar-refractivity contribution is 5.78. The van der Waals surface area contributed by atoms with Crippen LogP contribution in [-0.4, -0.2) is 28.4 Å². The van der Waals surface area contributed by atoms with Gasteiger partial charge in [0.1, 0.15) is 23.2 Å². The maximum absolute atomic E-state index is 9.60. The number of benzene rings is 1. The normalized spacial score (nSPS) is 13.5. The molecule has 0 amide bonds. The molecular formula is C20H20N6O. The van der Waals surface area contributed by atoms with Crippen LogP contribution in [-0.2, 0) is 13.1 Å². The van der Waals surface area contributed by atoms with Crippen molar-refractivity contribution in [2.75, 3.05) is 19.4 Å². The van der Waals surface area contributed by atoms with Gasteiger partial charge in [-0.05, 0) is 49.4 Å². The monoisotopic (exact) mass is 360 g/mol. The summed E-state index contributed by atoms with van der Waals surface area (Å²) in [5, 5.41) is 17.7. The number of nitrogens with one attached hydrogen (secondary N) is 1. The van der Waals surface area contributed by atoms with Crippen molar-refractivity contribution < 1.29 is 4.74 Å². The smallest absolute Gasteiger partial charge is 0.142 e. The molecule has 136 valence electrons. The number of rotatable bonds is 3. The number of nitrogen functional groups attached to an aromatic ring is 1. The van der Waals surface area contributed by atoms with E-state index in [1.54, 1.807) is 7.11 Å². The molecule has 0 atom stereocenters. The number of aryl methyl sites for hydroxylation is 1. The Bertz CT molecular complexity index is 993. The van der Waals surface area contributed by atoms with E-state index < -0.39 is 0 Å². The van der Waals surface area contributed by atoms with E-state index in [2.05, 4.69) is 16.4 Å². The van der Waals surface area contributed by atoms with E-state index >= 15 is 0 Å². The summed E-state index contributed by atoms with van der Waals surface area (Å²) in [5.74, 6) is 0.980. The Balaban J connectivity index is 1.82. The lowest BCUT2D eigenvalue weighted by Gasteiger charge is -2.09. The van der Waals surface area contributed by atoms with Crippen LogP contribution in [0.3, 0.4) is 0 Å². The number of hydrogen-bond acceptors (Lipinski definition) is 6. The van der Waals surface area contributed by atoms with E-state index in [0.717, 1.165) is 48.8 Å². The summed E-state index contributed by atoms with van der Waals surface area (Å²) in [6, 6.07) is 13.7. The summed E-state index contributed by atoms with van der Waals surface area (Å²) in [4.78, 5) is 4.42. The summed E-state index contributed by atoms with van der Waals surface area (Å²) < 4.78 is 7.21. The van der Waals surface area contributed by atoms with E-state index in [-0.39, 0.29) is 5.82 Å². The van der Waals surface area contributed by atoms with Gasteiger partial charge >= 0.3 is 0 Å². The van der Waals surface area contributed by atoms with E-state index in [0.29, 0.717) is 16.8 Å². The predicted octanol–water partition coefficient (Wildman–Crippen LogP) is 2.57. The van der Waals surface area contributed by atoms with Crippen molar-refractivity contribution in [3.8, 4) is 34.3 Å². The molecular weight excluding hydrogens is 340 g/mol. The first-order valence-electron chi connectivity index (χ1n) is 8.82. The number of nitrogens with two attached hydrogens (primary N) is 1. The molecule has 2 aromatic heterocycles. The summed E-state index contributed by atoms with van der Waals surface area (Å²) in [5.41, 5.74) is 10.6. The number of hydrogen-bond donors (Lipinski definition) is 2. The van der Waals surface area contributed by atoms with Gasteiger partial charge in [-0.2, -0.15) is 10.4 Å². The van der Waals surface area contributed by atoms with Crippen LogP contribution in [0.4, 0.5) is 5.82 Å². The summed E-state index contributed by atoms with van der Waals surface area (Å²) in [6.07, 6.45) is 1.02. The molecule has 0 radical (unpaired) electrons. The topological polar surface area (TPSA) is 102 Å². The highest BCUT2D eigenvalue weighted by Crippen LogP contribution is 2.31. The zero-order valence-electron chi connectivity index (χ0n) is 15.1. The van der Waals surface area contributed by atoms with Gasteiger partial charge < -0.3 is 15.8 Å². The Morgan fingerprint density at radius 2 is 2.04 bits per heavy atom. The third-order valence-electron chi connectivity index (χ3n) is 4.71. The molecule has 1 aromatic carbocycles. The van der Waals surface area contributed by atoms with Crippen molar-refractivity contribution in [3.63, 3.8) is 0 Å². The number of anilines is 1. The van der Waals surface area contributed by atoms with Gasteiger partial charge in [0.25, 0.3) is 0 Å². The van der Waals surface area contributed by atoms with Crippen LogP contribution in [0.1, 0.15) is 17.7 Å². The quantitative estimate of drug-likeness (QED) is 0.744. The highest BCUT2D eigenvalue weighted by Gasteiger charge is 2.18. The SMILES string of the molecule is COc1ccc(-c2cc(-c3cc4n(n3)CCCNC4)c(C#N)c(N)n2)cc1. The van der Waals surface area contributed by atoms with Gasteiger partial charge in [0.05, 0.1) is 24.2 Å². The number of aromatic nitrogens is 3. The van der Waals surface area contributed by atoms with Gasteiger partial charge in [-0.25, -0.2) is 4.98 Å². The third-order valence-corrected chi connectivity index (χ3v) is 4.71. The molecule has 1 aliphatic rings. The average molecular weight is 360 g/mol. The van der Waals surface area contributed by atoms with E-state index in [4.69, 9.17) is 15.6 Å². The number of ether oxygens (including phenoxy) is 1. The van der Waals surface area contributed by atoms with Crippen molar-refractivity contribution in [1.29, 1.82) is 5.26 Å². The summed E-state index contributed by atoms with van der Waals surface area (Å²) >= 11 is 0. The number of methoxy groups -OCH3 is 1. The molecule has 3 N–H and O–H groups in total. The van der Waals surface area contributed by atoms with Crippen molar-refractivity contribution in [2.24, 2.45) is 0 Å². The van der Waals surface area contributed by atoms with Crippen LogP contribution >= 0.6 is 0 Å². The standard InChI is InChI=1S/C20H20N6O/c1-27-15-5-3-13(4-6-15)18-10-16(17(11-21)20(22)24-18)19-9-14-12-23-7-2-8-26(14)25-19/h3-6,9-10,23H,2,7-8,12H2,1H3,(H2,22,24). The first kappa shape index (κ1) is 17.1. The molecule has 3 aromatic rings. The third kappa shape index (κ3) is 3.23. The van der Waals surface area contributed by atoms with Crippen molar-refractivity contribution in [3.05, 3.63) is 47.7 Å². The van der Waals surface area contributed by atoms with Gasteiger partial charge in [-0.1, -0.05) is 0 Å². The highest BCUT2D eigenvalue weighted by atomic mass is 16.5. The fraction of sp³-hybridized carbons (Fsp3) is 0.250. The Morgan fingerprint density at radius 1 is 1.22 bits per heavy atom. The van der Waals surface area contributed by atoms with Gasteiger partial charge in [0.15, 0.2) is 0 Å². The number of nitrogens with zero attached hydrogens (tertiary/aromatic N) is 4. The number of pyridine rings is 1. The lowest BCUT2D eigenvalue weighted by Crippen LogP contribution is -2.11. The maximum atomic E-state index is 9.60. The first-order chi connectivity index (χ1) is 13.2. The Morgan fingerprint density at radius 3 is 2.78 bits per heavy atom.